The molecule has 57 heavy (non-hydrogen) atoms. The Kier molecular flexibility index (Phi) is 7.82. The van der Waals surface area contributed by atoms with Gasteiger partial charge in [0.25, 0.3) is 0 Å². The lowest BCUT2D eigenvalue weighted by atomic mass is 9.93. The van der Waals surface area contributed by atoms with Crippen molar-refractivity contribution < 1.29 is 4.42 Å². The molecular formula is C54H36N2O. The van der Waals surface area contributed by atoms with E-state index >= 15 is 0 Å². The highest BCUT2D eigenvalue weighted by Gasteiger charge is 2.24. The maximum absolute atomic E-state index is 6.69. The standard InChI is InChI=1S/C54H36N2O/c1-5-16-37(17-6-1)38-28-30-42(31-29-38)55(41-22-11-4-12-23-41)43-32-34-44(35-33-43)56-48-36-50-53(46-24-13-14-27-49(46)57-50)51(40-20-9-3-10-21-40)52(48)47-26-15-25-45(54(47)56)39-18-7-2-8-19-39/h1-36H. The van der Waals surface area contributed by atoms with E-state index in [2.05, 4.69) is 222 Å². The van der Waals surface area contributed by atoms with Crippen LogP contribution in [0.2, 0.25) is 0 Å². The Morgan fingerprint density at radius 1 is 0.368 bits per heavy atom. The van der Waals surface area contributed by atoms with E-state index in [0.29, 0.717) is 0 Å². The summed E-state index contributed by atoms with van der Waals surface area (Å²) in [6.45, 7) is 0. The van der Waals surface area contributed by atoms with Gasteiger partial charge in [0.2, 0.25) is 0 Å². The average molecular weight is 729 g/mol. The number of nitrogens with zero attached hydrogens (tertiary/aromatic N) is 2. The molecule has 0 aliphatic carbocycles. The van der Waals surface area contributed by atoms with Crippen molar-refractivity contribution in [3.63, 3.8) is 0 Å². The third kappa shape index (κ3) is 5.51. The highest BCUT2D eigenvalue weighted by atomic mass is 16.3. The molecule has 3 nitrogen and oxygen atoms in total. The lowest BCUT2D eigenvalue weighted by Gasteiger charge is -2.26. The summed E-state index contributed by atoms with van der Waals surface area (Å²) in [5.41, 5.74) is 15.5. The molecular weight excluding hydrogens is 693 g/mol. The Balaban J connectivity index is 1.16. The Hall–Kier alpha value is -7.62. The minimum Gasteiger partial charge on any atom is -0.456 e. The van der Waals surface area contributed by atoms with Crippen LogP contribution in [0.4, 0.5) is 17.1 Å². The van der Waals surface area contributed by atoms with Gasteiger partial charge in [-0.15, -0.1) is 0 Å². The maximum atomic E-state index is 6.69. The summed E-state index contributed by atoms with van der Waals surface area (Å²) >= 11 is 0. The van der Waals surface area contributed by atoms with Crippen molar-refractivity contribution >= 4 is 60.8 Å². The topological polar surface area (TPSA) is 21.3 Å². The molecule has 0 atom stereocenters. The molecule has 0 fully saturated rings. The van der Waals surface area contributed by atoms with Gasteiger partial charge in [-0.1, -0.05) is 158 Å². The fourth-order valence-electron chi connectivity index (χ4n) is 8.65. The van der Waals surface area contributed by atoms with Crippen molar-refractivity contribution in [3.8, 4) is 39.1 Å². The second kappa shape index (κ2) is 13.6. The molecule has 0 saturated heterocycles. The van der Waals surface area contributed by atoms with E-state index in [1.165, 1.54) is 38.6 Å². The van der Waals surface area contributed by atoms with Crippen molar-refractivity contribution in [2.24, 2.45) is 0 Å². The van der Waals surface area contributed by atoms with E-state index in [1.807, 2.05) is 6.07 Å². The smallest absolute Gasteiger partial charge is 0.138 e. The molecule has 0 bridgehead atoms. The number of hydrogen-bond acceptors (Lipinski definition) is 2. The number of anilines is 3. The summed E-state index contributed by atoms with van der Waals surface area (Å²) in [6.07, 6.45) is 0. The fraction of sp³-hybridized carbons (Fsp3) is 0. The highest BCUT2D eigenvalue weighted by Crippen LogP contribution is 2.48. The van der Waals surface area contributed by atoms with Gasteiger partial charge in [-0.2, -0.15) is 0 Å². The van der Waals surface area contributed by atoms with Gasteiger partial charge in [-0.3, -0.25) is 0 Å². The molecule has 2 aromatic heterocycles. The maximum Gasteiger partial charge on any atom is 0.138 e. The molecule has 11 aromatic rings. The zero-order chi connectivity index (χ0) is 37.7. The summed E-state index contributed by atoms with van der Waals surface area (Å²) in [4.78, 5) is 2.32. The zero-order valence-corrected chi connectivity index (χ0v) is 31.1. The molecule has 0 aliphatic rings. The molecule has 2 heterocycles. The van der Waals surface area contributed by atoms with Crippen molar-refractivity contribution in [3.05, 3.63) is 218 Å². The van der Waals surface area contributed by atoms with Crippen LogP contribution in [0.5, 0.6) is 0 Å². The van der Waals surface area contributed by atoms with Crippen molar-refractivity contribution in [2.75, 3.05) is 4.90 Å². The quantitative estimate of drug-likeness (QED) is 0.163. The van der Waals surface area contributed by atoms with Crippen LogP contribution >= 0.6 is 0 Å². The fourth-order valence-corrected chi connectivity index (χ4v) is 8.65. The average Bonchev–Trinajstić information content (AvgIpc) is 3.83. The van der Waals surface area contributed by atoms with Crippen molar-refractivity contribution in [2.45, 2.75) is 0 Å². The molecule has 3 heteroatoms. The molecule has 0 saturated carbocycles. The molecule has 268 valence electrons. The van der Waals surface area contributed by atoms with Crippen LogP contribution in [0.1, 0.15) is 0 Å². The Bertz CT molecular complexity index is 3180. The van der Waals surface area contributed by atoms with Gasteiger partial charge < -0.3 is 13.9 Å². The lowest BCUT2D eigenvalue weighted by molar-refractivity contribution is 0.669. The summed E-state index contributed by atoms with van der Waals surface area (Å²) in [7, 11) is 0. The number of hydrogen-bond donors (Lipinski definition) is 0. The van der Waals surface area contributed by atoms with E-state index in [0.717, 1.165) is 61.3 Å². The molecule has 0 spiro atoms. The first-order chi connectivity index (χ1) is 28.3. The summed E-state index contributed by atoms with van der Waals surface area (Å²) in [6, 6.07) is 77.9. The number of rotatable bonds is 7. The van der Waals surface area contributed by atoms with Crippen molar-refractivity contribution in [1.29, 1.82) is 0 Å². The van der Waals surface area contributed by atoms with E-state index in [1.54, 1.807) is 0 Å². The van der Waals surface area contributed by atoms with E-state index in [9.17, 15) is 0 Å². The molecule has 0 N–H and O–H groups in total. The van der Waals surface area contributed by atoms with Gasteiger partial charge in [0.1, 0.15) is 11.2 Å². The van der Waals surface area contributed by atoms with Gasteiger partial charge in [-0.05, 0) is 76.9 Å². The summed E-state index contributed by atoms with van der Waals surface area (Å²) in [5, 5.41) is 4.67. The highest BCUT2D eigenvalue weighted by molar-refractivity contribution is 6.28. The van der Waals surface area contributed by atoms with Crippen LogP contribution in [0, 0.1) is 0 Å². The third-order valence-electron chi connectivity index (χ3n) is 11.2. The van der Waals surface area contributed by atoms with E-state index in [-0.39, 0.29) is 0 Å². The normalized spacial score (nSPS) is 11.5. The first-order valence-corrected chi connectivity index (χ1v) is 19.4. The van der Waals surface area contributed by atoms with Gasteiger partial charge in [0.05, 0.1) is 11.0 Å². The molecule has 0 amide bonds. The second-order valence-corrected chi connectivity index (χ2v) is 14.5. The number of para-hydroxylation sites is 3. The predicted molar refractivity (Wildman–Crippen MR) is 239 cm³/mol. The van der Waals surface area contributed by atoms with Gasteiger partial charge in [0, 0.05) is 61.5 Å². The number of fused-ring (bicyclic) bond motifs is 6. The van der Waals surface area contributed by atoms with Crippen LogP contribution in [-0.4, -0.2) is 4.57 Å². The van der Waals surface area contributed by atoms with Gasteiger partial charge >= 0.3 is 0 Å². The van der Waals surface area contributed by atoms with Crippen LogP contribution in [-0.2, 0) is 0 Å². The predicted octanol–water partition coefficient (Wildman–Crippen LogP) is 15.2. The van der Waals surface area contributed by atoms with Crippen LogP contribution in [0.25, 0.3) is 82.8 Å². The van der Waals surface area contributed by atoms with Crippen LogP contribution in [0.15, 0.2) is 223 Å². The molecule has 9 aromatic carbocycles. The first-order valence-electron chi connectivity index (χ1n) is 19.4. The lowest BCUT2D eigenvalue weighted by Crippen LogP contribution is -2.10. The van der Waals surface area contributed by atoms with Crippen LogP contribution < -0.4 is 4.90 Å². The minimum atomic E-state index is 0.874. The Morgan fingerprint density at radius 3 is 1.58 bits per heavy atom. The third-order valence-corrected chi connectivity index (χ3v) is 11.2. The molecule has 11 rings (SSSR count). The first kappa shape index (κ1) is 32.8. The molecule has 0 radical (unpaired) electrons. The molecule has 0 aliphatic heterocycles. The van der Waals surface area contributed by atoms with Gasteiger partial charge in [-0.25, -0.2) is 0 Å². The van der Waals surface area contributed by atoms with Crippen molar-refractivity contribution in [1.82, 2.24) is 4.57 Å². The summed E-state index contributed by atoms with van der Waals surface area (Å²) < 4.78 is 9.13. The Labute approximate surface area is 330 Å². The number of benzene rings is 9. The monoisotopic (exact) mass is 728 g/mol. The van der Waals surface area contributed by atoms with Gasteiger partial charge in [0.15, 0.2) is 0 Å². The van der Waals surface area contributed by atoms with E-state index in [4.69, 9.17) is 4.42 Å². The largest absolute Gasteiger partial charge is 0.456 e. The second-order valence-electron chi connectivity index (χ2n) is 14.5. The number of aromatic nitrogens is 1. The number of furan rings is 1. The summed E-state index contributed by atoms with van der Waals surface area (Å²) in [5.74, 6) is 0. The minimum absolute atomic E-state index is 0.874. The van der Waals surface area contributed by atoms with E-state index < -0.39 is 0 Å². The Morgan fingerprint density at radius 2 is 0.895 bits per heavy atom. The molecule has 0 unspecified atom stereocenters. The zero-order valence-electron chi connectivity index (χ0n) is 31.1. The SMILES string of the molecule is c1ccc(-c2ccc(N(c3ccccc3)c3ccc(-n4c5cc6oc7ccccc7c6c(-c6ccccc6)c5c5cccc(-c6ccccc6)c54)cc3)cc2)cc1. The van der Waals surface area contributed by atoms with Crippen LogP contribution in [0.3, 0.4) is 0 Å².